The van der Waals surface area contributed by atoms with Crippen molar-refractivity contribution in [2.45, 2.75) is 13.8 Å². The van der Waals surface area contributed by atoms with Gasteiger partial charge >= 0.3 is 0 Å². The normalized spacial score (nSPS) is 10.3. The molecule has 1 heterocycles. The van der Waals surface area contributed by atoms with Crippen molar-refractivity contribution in [1.82, 2.24) is 4.98 Å². The number of hydrogen-bond donors (Lipinski definition) is 2. The molecule has 0 aliphatic carbocycles. The number of primary amides is 1. The molecule has 104 valence electrons. The number of nitrogen functional groups attached to an aromatic ring is 1. The fourth-order valence-electron chi connectivity index (χ4n) is 1.88. The monoisotopic (exact) mass is 335 g/mol. The van der Waals surface area contributed by atoms with Crippen LogP contribution in [0.1, 0.15) is 21.5 Å². The first kappa shape index (κ1) is 14.3. The lowest BCUT2D eigenvalue weighted by Gasteiger charge is -2.13. The smallest absolute Gasteiger partial charge is 0.248 e. The second-order valence-corrected chi connectivity index (χ2v) is 5.37. The van der Waals surface area contributed by atoms with Gasteiger partial charge in [-0.2, -0.15) is 0 Å². The molecule has 0 atom stereocenters. The number of hydrogen-bond acceptors (Lipinski definition) is 4. The third kappa shape index (κ3) is 2.91. The molecule has 4 N–H and O–H groups in total. The van der Waals surface area contributed by atoms with Crippen molar-refractivity contribution >= 4 is 27.5 Å². The minimum Gasteiger partial charge on any atom is -0.437 e. The number of benzene rings is 1. The van der Waals surface area contributed by atoms with Crippen LogP contribution < -0.4 is 16.2 Å². The predicted molar refractivity (Wildman–Crippen MR) is 80.9 cm³/mol. The first-order valence-corrected chi connectivity index (χ1v) is 6.67. The second kappa shape index (κ2) is 5.50. The van der Waals surface area contributed by atoms with Gasteiger partial charge in [-0.05, 0) is 59.1 Å². The Hall–Kier alpha value is -2.08. The summed E-state index contributed by atoms with van der Waals surface area (Å²) in [5.74, 6) is 0.478. The predicted octanol–water partition coefficient (Wildman–Crippen LogP) is 2.93. The number of halogens is 1. The van der Waals surface area contributed by atoms with Crippen molar-refractivity contribution < 1.29 is 9.53 Å². The molecule has 0 aliphatic heterocycles. The average Bonchev–Trinajstić information content (AvgIpc) is 2.35. The highest BCUT2D eigenvalue weighted by molar-refractivity contribution is 9.10. The van der Waals surface area contributed by atoms with E-state index in [-0.39, 0.29) is 0 Å². The SMILES string of the molecule is Cc1cc(C(N)=O)cc(C)c1Oc1ncc(Br)cc1N. The summed E-state index contributed by atoms with van der Waals surface area (Å²) in [6.45, 7) is 3.67. The minimum atomic E-state index is -0.468. The molecule has 1 aromatic heterocycles. The van der Waals surface area contributed by atoms with E-state index in [1.54, 1.807) is 24.4 Å². The maximum absolute atomic E-state index is 11.2. The molecule has 2 rings (SSSR count). The fraction of sp³-hybridized carbons (Fsp3) is 0.143. The standard InChI is InChI=1S/C14H14BrN3O2/c1-7-3-9(13(17)19)4-8(2)12(7)20-14-11(16)5-10(15)6-18-14/h3-6H,16H2,1-2H3,(H2,17,19). The molecule has 0 saturated heterocycles. The van der Waals surface area contributed by atoms with E-state index >= 15 is 0 Å². The molecule has 0 saturated carbocycles. The maximum atomic E-state index is 11.2. The number of rotatable bonds is 3. The Labute approximate surface area is 125 Å². The molecule has 6 heteroatoms. The van der Waals surface area contributed by atoms with Crippen molar-refractivity contribution in [2.24, 2.45) is 5.73 Å². The highest BCUT2D eigenvalue weighted by Gasteiger charge is 2.12. The Kier molecular flexibility index (Phi) is 3.94. The number of ether oxygens (including phenoxy) is 1. The lowest BCUT2D eigenvalue weighted by molar-refractivity contribution is 0.1000. The van der Waals surface area contributed by atoms with Gasteiger partial charge in [-0.15, -0.1) is 0 Å². The van der Waals surface area contributed by atoms with Gasteiger partial charge in [0.05, 0.1) is 5.69 Å². The number of carbonyl (C=O) groups is 1. The zero-order valence-electron chi connectivity index (χ0n) is 11.1. The maximum Gasteiger partial charge on any atom is 0.248 e. The van der Waals surface area contributed by atoms with Gasteiger partial charge < -0.3 is 16.2 Å². The number of nitrogens with two attached hydrogens (primary N) is 2. The lowest BCUT2D eigenvalue weighted by Crippen LogP contribution is -2.11. The Morgan fingerprint density at radius 3 is 2.35 bits per heavy atom. The Morgan fingerprint density at radius 2 is 1.85 bits per heavy atom. The summed E-state index contributed by atoms with van der Waals surface area (Å²) < 4.78 is 6.53. The van der Waals surface area contributed by atoms with Gasteiger partial charge in [0.2, 0.25) is 11.8 Å². The van der Waals surface area contributed by atoms with E-state index in [9.17, 15) is 4.79 Å². The van der Waals surface area contributed by atoms with E-state index in [1.807, 2.05) is 13.8 Å². The summed E-state index contributed by atoms with van der Waals surface area (Å²) in [7, 11) is 0. The molecule has 5 nitrogen and oxygen atoms in total. The van der Waals surface area contributed by atoms with E-state index in [1.165, 1.54) is 0 Å². The molecular weight excluding hydrogens is 322 g/mol. The van der Waals surface area contributed by atoms with Gasteiger partial charge in [0.15, 0.2) is 0 Å². The third-order valence-electron chi connectivity index (χ3n) is 2.79. The molecular formula is C14H14BrN3O2. The zero-order chi connectivity index (χ0) is 14.9. The van der Waals surface area contributed by atoms with Gasteiger partial charge in [0.1, 0.15) is 5.75 Å². The summed E-state index contributed by atoms with van der Waals surface area (Å²) in [5.41, 5.74) is 13.6. The Morgan fingerprint density at radius 1 is 1.25 bits per heavy atom. The number of aryl methyl sites for hydroxylation is 2. The van der Waals surface area contributed by atoms with E-state index in [4.69, 9.17) is 16.2 Å². The molecule has 0 spiro atoms. The van der Waals surface area contributed by atoms with E-state index < -0.39 is 5.91 Å². The number of carbonyl (C=O) groups excluding carboxylic acids is 1. The first-order chi connectivity index (χ1) is 9.38. The van der Waals surface area contributed by atoms with Gasteiger partial charge in [0.25, 0.3) is 0 Å². The van der Waals surface area contributed by atoms with Crippen LogP contribution in [0.2, 0.25) is 0 Å². The first-order valence-electron chi connectivity index (χ1n) is 5.88. The number of nitrogens with zero attached hydrogens (tertiary/aromatic N) is 1. The third-order valence-corrected chi connectivity index (χ3v) is 3.22. The van der Waals surface area contributed by atoms with Crippen LogP contribution in [0.4, 0.5) is 5.69 Å². The average molecular weight is 336 g/mol. The van der Waals surface area contributed by atoms with Crippen LogP contribution in [0.15, 0.2) is 28.9 Å². The Balaban J connectivity index is 2.41. The van der Waals surface area contributed by atoms with Crippen LogP contribution in [0.25, 0.3) is 0 Å². The quantitative estimate of drug-likeness (QED) is 0.901. The minimum absolute atomic E-state index is 0.325. The number of amides is 1. The molecule has 1 aromatic carbocycles. The van der Waals surface area contributed by atoms with Crippen LogP contribution in [-0.2, 0) is 0 Å². The zero-order valence-corrected chi connectivity index (χ0v) is 12.7. The van der Waals surface area contributed by atoms with Crippen LogP contribution in [0.3, 0.4) is 0 Å². The molecule has 0 unspecified atom stereocenters. The van der Waals surface area contributed by atoms with E-state index in [2.05, 4.69) is 20.9 Å². The molecule has 0 radical (unpaired) electrons. The molecule has 0 bridgehead atoms. The highest BCUT2D eigenvalue weighted by Crippen LogP contribution is 2.32. The molecule has 1 amide bonds. The van der Waals surface area contributed by atoms with Gasteiger partial charge in [0, 0.05) is 16.2 Å². The fourth-order valence-corrected chi connectivity index (χ4v) is 2.23. The van der Waals surface area contributed by atoms with E-state index in [0.29, 0.717) is 22.9 Å². The van der Waals surface area contributed by atoms with Crippen LogP contribution in [-0.4, -0.2) is 10.9 Å². The van der Waals surface area contributed by atoms with Crippen molar-refractivity contribution in [1.29, 1.82) is 0 Å². The largest absolute Gasteiger partial charge is 0.437 e. The number of pyridine rings is 1. The van der Waals surface area contributed by atoms with Gasteiger partial charge in [-0.3, -0.25) is 4.79 Å². The van der Waals surface area contributed by atoms with Crippen molar-refractivity contribution in [3.05, 3.63) is 45.6 Å². The number of aromatic nitrogens is 1. The van der Waals surface area contributed by atoms with Crippen LogP contribution in [0, 0.1) is 13.8 Å². The summed E-state index contributed by atoms with van der Waals surface area (Å²) in [5, 5.41) is 0. The molecule has 0 aliphatic rings. The van der Waals surface area contributed by atoms with Crippen molar-refractivity contribution in [3.8, 4) is 11.6 Å². The van der Waals surface area contributed by atoms with Crippen molar-refractivity contribution in [3.63, 3.8) is 0 Å². The van der Waals surface area contributed by atoms with Crippen LogP contribution in [0.5, 0.6) is 11.6 Å². The van der Waals surface area contributed by atoms with Gasteiger partial charge in [-0.1, -0.05) is 0 Å². The topological polar surface area (TPSA) is 91.2 Å². The molecule has 20 heavy (non-hydrogen) atoms. The lowest BCUT2D eigenvalue weighted by atomic mass is 10.1. The molecule has 2 aromatic rings. The summed E-state index contributed by atoms with van der Waals surface area (Å²) in [4.78, 5) is 15.3. The number of anilines is 1. The summed E-state index contributed by atoms with van der Waals surface area (Å²) in [6, 6.07) is 5.07. The van der Waals surface area contributed by atoms with Crippen LogP contribution >= 0.6 is 15.9 Å². The Bertz CT molecular complexity index is 663. The van der Waals surface area contributed by atoms with E-state index in [0.717, 1.165) is 15.6 Å². The highest BCUT2D eigenvalue weighted by atomic mass is 79.9. The summed E-state index contributed by atoms with van der Waals surface area (Å²) in [6.07, 6.45) is 1.61. The molecule has 0 fully saturated rings. The van der Waals surface area contributed by atoms with Crippen molar-refractivity contribution in [2.75, 3.05) is 5.73 Å². The second-order valence-electron chi connectivity index (χ2n) is 4.45. The summed E-state index contributed by atoms with van der Waals surface area (Å²) >= 11 is 3.29. The van der Waals surface area contributed by atoms with Gasteiger partial charge in [-0.25, -0.2) is 4.98 Å².